The first kappa shape index (κ1) is 62.4. The van der Waals surface area contributed by atoms with Crippen molar-refractivity contribution in [3.05, 3.63) is 122 Å². The number of carbonyl (C=O) groups excluding carboxylic acids is 2. The third-order valence-corrected chi connectivity index (χ3v) is 10.5. The Kier molecular flexibility index (Phi) is 41.6. The van der Waals surface area contributed by atoms with Gasteiger partial charge in [-0.05, 0) is 70.6 Å². The third kappa shape index (κ3) is 45.6. The number of ether oxygens (including phenoxy) is 2. The van der Waals surface area contributed by atoms with E-state index >= 15 is 0 Å². The predicted molar refractivity (Wildman–Crippen MR) is 260 cm³/mol. The van der Waals surface area contributed by atoms with Gasteiger partial charge in [0.25, 0.3) is 0 Å². The number of rotatable bonds is 42. The molecule has 5 atom stereocenters. The number of hydrogen-bond donors (Lipinski definition) is 5. The highest BCUT2D eigenvalue weighted by atomic mass is 31.2. The summed E-state index contributed by atoms with van der Waals surface area (Å²) in [4.78, 5) is 43.7. The second-order valence-corrected chi connectivity index (χ2v) is 17.7. The van der Waals surface area contributed by atoms with E-state index in [0.29, 0.717) is 19.3 Å². The van der Waals surface area contributed by atoms with Crippen LogP contribution in [0.15, 0.2) is 122 Å². The smallest absolute Gasteiger partial charge is 0.463 e. The second-order valence-electron chi connectivity index (χ2n) is 14.8. The van der Waals surface area contributed by atoms with Gasteiger partial charge in [0, 0.05) is 12.8 Å². The molecule has 15 nitrogen and oxygen atoms in total. The standard InChI is InChI=1S/C49H78O15P2/c1-3-5-7-9-11-13-15-17-19-21-23-25-27-29-31-33-35-37-48(53)59-39-45(50)41-61-65(55,56)63-43-47(52)44-64-66(57,58)62-42-46(51)40-60-49(54)38-36-34-32-30-28-26-24-22-20-18-16-14-12-10-8-6-4-2/h5,7,9,11-15,17-21,23-27,30,32,45-47,50-52H,3-4,6,8,10,16,22,28-29,31,33-44H2,1-2H3,(H,55,56)(H,57,58)/b7-5-,11-9+,14-12-,15-13+,19-17-,20-18-,23-21+,26-24-,27-25+,32-30-. The monoisotopic (exact) mass is 968 g/mol. The molecule has 0 radical (unpaired) electrons. The van der Waals surface area contributed by atoms with Crippen molar-refractivity contribution < 1.29 is 71.4 Å². The molecule has 374 valence electrons. The van der Waals surface area contributed by atoms with Crippen molar-refractivity contribution in [2.24, 2.45) is 0 Å². The molecule has 0 saturated heterocycles. The molecule has 0 aromatic heterocycles. The fraction of sp³-hybridized carbons (Fsp3) is 0.551. The molecule has 0 bridgehead atoms. The first-order chi connectivity index (χ1) is 31.8. The number of aliphatic hydroxyl groups excluding tert-OH is 3. The normalized spacial score (nSPS) is 16.2. The zero-order chi connectivity index (χ0) is 48.8. The quantitative estimate of drug-likeness (QED) is 0.0126. The predicted octanol–water partition coefficient (Wildman–Crippen LogP) is 10.3. The van der Waals surface area contributed by atoms with Crippen LogP contribution in [0.4, 0.5) is 0 Å². The lowest BCUT2D eigenvalue weighted by atomic mass is 10.1. The van der Waals surface area contributed by atoms with Crippen LogP contribution in [-0.2, 0) is 46.3 Å². The molecule has 0 aromatic rings. The van der Waals surface area contributed by atoms with Gasteiger partial charge in [0.05, 0.1) is 26.4 Å². The summed E-state index contributed by atoms with van der Waals surface area (Å²) in [6.07, 6.45) is 49.1. The van der Waals surface area contributed by atoms with E-state index in [1.165, 1.54) is 19.3 Å². The van der Waals surface area contributed by atoms with E-state index < -0.39 is 85.5 Å². The highest BCUT2D eigenvalue weighted by Gasteiger charge is 2.28. The zero-order valence-electron chi connectivity index (χ0n) is 39.0. The Morgan fingerprint density at radius 2 is 0.773 bits per heavy atom. The lowest BCUT2D eigenvalue weighted by Crippen LogP contribution is -2.25. The number of allylic oxidation sites excluding steroid dienone is 20. The highest BCUT2D eigenvalue weighted by Crippen LogP contribution is 2.45. The summed E-state index contributed by atoms with van der Waals surface area (Å²) in [5.41, 5.74) is 0. The van der Waals surface area contributed by atoms with Crippen LogP contribution < -0.4 is 0 Å². The van der Waals surface area contributed by atoms with Gasteiger partial charge in [-0.25, -0.2) is 9.13 Å². The van der Waals surface area contributed by atoms with Crippen molar-refractivity contribution in [1.82, 2.24) is 0 Å². The van der Waals surface area contributed by atoms with E-state index in [9.17, 15) is 43.8 Å². The van der Waals surface area contributed by atoms with E-state index in [1.54, 1.807) is 0 Å². The van der Waals surface area contributed by atoms with Gasteiger partial charge in [0.2, 0.25) is 0 Å². The van der Waals surface area contributed by atoms with E-state index in [1.807, 2.05) is 79.0 Å². The summed E-state index contributed by atoms with van der Waals surface area (Å²) < 4.78 is 52.8. The van der Waals surface area contributed by atoms with E-state index in [4.69, 9.17) is 9.47 Å². The molecule has 0 aliphatic heterocycles. The Balaban J connectivity index is 4.04. The average molecular weight is 969 g/mol. The molecular weight excluding hydrogens is 890 g/mol. The van der Waals surface area contributed by atoms with Gasteiger partial charge in [-0.1, -0.05) is 155 Å². The van der Waals surface area contributed by atoms with Gasteiger partial charge in [-0.15, -0.1) is 0 Å². The fourth-order valence-electron chi connectivity index (χ4n) is 5.00. The number of unbranched alkanes of at least 4 members (excludes halogenated alkanes) is 7. The molecule has 0 saturated carbocycles. The fourth-order valence-corrected chi connectivity index (χ4v) is 6.59. The number of esters is 2. The molecule has 5 unspecified atom stereocenters. The first-order valence-corrected chi connectivity index (χ1v) is 26.0. The van der Waals surface area contributed by atoms with Gasteiger partial charge < -0.3 is 34.6 Å². The van der Waals surface area contributed by atoms with Crippen LogP contribution >= 0.6 is 15.6 Å². The lowest BCUT2D eigenvalue weighted by Gasteiger charge is -2.19. The lowest BCUT2D eigenvalue weighted by molar-refractivity contribution is -0.148. The Labute approximate surface area is 393 Å². The first-order valence-electron chi connectivity index (χ1n) is 23.0. The van der Waals surface area contributed by atoms with Gasteiger partial charge in [-0.2, -0.15) is 0 Å². The molecule has 0 aromatic carbocycles. The van der Waals surface area contributed by atoms with Crippen molar-refractivity contribution >= 4 is 27.6 Å². The summed E-state index contributed by atoms with van der Waals surface area (Å²) in [5.74, 6) is -1.10. The highest BCUT2D eigenvalue weighted by molar-refractivity contribution is 7.47. The SMILES string of the molecule is CC\C=C/C=C/C=C/C=C\C=C\C=C\CCCCCC(=O)OCC(O)COP(=O)(O)OCC(O)COP(=O)(O)OCC(O)COC(=O)CCC/C=C\C/C=C\C/C=C\C/C=C\CCCCC. The van der Waals surface area contributed by atoms with Gasteiger partial charge in [0.15, 0.2) is 0 Å². The van der Waals surface area contributed by atoms with Crippen molar-refractivity contribution in [3.8, 4) is 0 Å². The summed E-state index contributed by atoms with van der Waals surface area (Å²) in [5, 5.41) is 30.0. The minimum atomic E-state index is -4.81. The number of carbonyl (C=O) groups is 2. The molecule has 0 aliphatic carbocycles. The van der Waals surface area contributed by atoms with Crippen molar-refractivity contribution in [1.29, 1.82) is 0 Å². The summed E-state index contributed by atoms with van der Waals surface area (Å²) in [7, 11) is -9.62. The molecule has 0 heterocycles. The van der Waals surface area contributed by atoms with E-state index in [-0.39, 0.29) is 12.8 Å². The van der Waals surface area contributed by atoms with Crippen molar-refractivity contribution in [2.75, 3.05) is 39.6 Å². The zero-order valence-corrected chi connectivity index (χ0v) is 40.8. The minimum Gasteiger partial charge on any atom is -0.463 e. The van der Waals surface area contributed by atoms with Crippen LogP contribution in [0, 0.1) is 0 Å². The van der Waals surface area contributed by atoms with Crippen LogP contribution in [0.5, 0.6) is 0 Å². The maximum atomic E-state index is 12.1. The topological polar surface area (TPSA) is 225 Å². The molecular formula is C49H78O15P2. The van der Waals surface area contributed by atoms with Crippen molar-refractivity contribution in [3.63, 3.8) is 0 Å². The number of phosphoric acid groups is 2. The maximum Gasteiger partial charge on any atom is 0.472 e. The van der Waals surface area contributed by atoms with Crippen LogP contribution in [0.25, 0.3) is 0 Å². The van der Waals surface area contributed by atoms with Crippen LogP contribution in [0.1, 0.15) is 117 Å². The minimum absolute atomic E-state index is 0.113. The maximum absolute atomic E-state index is 12.1. The number of hydrogen-bond acceptors (Lipinski definition) is 13. The largest absolute Gasteiger partial charge is 0.472 e. The third-order valence-electron chi connectivity index (χ3n) is 8.56. The molecule has 17 heteroatoms. The van der Waals surface area contributed by atoms with Crippen LogP contribution in [0.3, 0.4) is 0 Å². The summed E-state index contributed by atoms with van der Waals surface area (Å²) >= 11 is 0. The second kappa shape index (κ2) is 44.0. The van der Waals surface area contributed by atoms with Crippen molar-refractivity contribution in [2.45, 2.75) is 135 Å². The number of phosphoric ester groups is 2. The Hall–Kier alpha value is -3.56. The Bertz CT molecular complexity index is 1640. The number of aliphatic hydroxyl groups is 3. The van der Waals surface area contributed by atoms with Gasteiger partial charge in [-0.3, -0.25) is 27.7 Å². The molecule has 0 rings (SSSR count). The molecule has 5 N–H and O–H groups in total. The van der Waals surface area contributed by atoms with Gasteiger partial charge in [0.1, 0.15) is 31.5 Å². The Morgan fingerprint density at radius 1 is 0.424 bits per heavy atom. The summed E-state index contributed by atoms with van der Waals surface area (Å²) in [6.45, 7) is 0.0757. The summed E-state index contributed by atoms with van der Waals surface area (Å²) in [6, 6.07) is 0. The average Bonchev–Trinajstić information content (AvgIpc) is 3.29. The van der Waals surface area contributed by atoms with E-state index in [2.05, 4.69) is 74.5 Å². The molecule has 0 spiro atoms. The Morgan fingerprint density at radius 3 is 1.21 bits per heavy atom. The van der Waals surface area contributed by atoms with Crippen LogP contribution in [-0.4, -0.2) is 95.0 Å². The molecule has 66 heavy (non-hydrogen) atoms. The van der Waals surface area contributed by atoms with Gasteiger partial charge >= 0.3 is 27.6 Å². The molecule has 0 amide bonds. The molecule has 0 fully saturated rings. The molecule has 0 aliphatic rings. The van der Waals surface area contributed by atoms with Crippen LogP contribution in [0.2, 0.25) is 0 Å². The van der Waals surface area contributed by atoms with E-state index in [0.717, 1.165) is 51.4 Å².